The lowest BCUT2D eigenvalue weighted by Gasteiger charge is -2.38. The van der Waals surface area contributed by atoms with Gasteiger partial charge in [0.2, 0.25) is 11.8 Å². The summed E-state index contributed by atoms with van der Waals surface area (Å²) in [5, 5.41) is 2.13. The number of nitrogens with zero attached hydrogens (tertiary/aromatic N) is 2. The SMILES string of the molecule is COCCN(CC(=O)N1CCc2sccc2C1c1ccccc1C)C(=O)C1CCCCC1. The summed E-state index contributed by atoms with van der Waals surface area (Å²) in [6.07, 6.45) is 6.15. The zero-order valence-electron chi connectivity index (χ0n) is 19.2. The molecule has 2 amide bonds. The summed E-state index contributed by atoms with van der Waals surface area (Å²) in [5.74, 6) is 0.191. The largest absolute Gasteiger partial charge is 0.383 e. The molecular formula is C26H34N2O3S. The fraction of sp³-hybridized carbons (Fsp3) is 0.538. The minimum absolute atomic E-state index is 0.0235. The van der Waals surface area contributed by atoms with Crippen molar-refractivity contribution in [3.05, 3.63) is 57.3 Å². The first kappa shape index (κ1) is 23.0. The van der Waals surface area contributed by atoms with Gasteiger partial charge in [0.25, 0.3) is 0 Å². The van der Waals surface area contributed by atoms with Gasteiger partial charge in [0.05, 0.1) is 19.2 Å². The fourth-order valence-corrected chi connectivity index (χ4v) is 6.05. The Morgan fingerprint density at radius 3 is 2.66 bits per heavy atom. The normalized spacial score (nSPS) is 18.9. The molecule has 0 N–H and O–H groups in total. The maximum absolute atomic E-state index is 13.7. The van der Waals surface area contributed by atoms with Crippen LogP contribution in [0.5, 0.6) is 0 Å². The minimum atomic E-state index is -0.0900. The molecule has 1 aromatic heterocycles. The van der Waals surface area contributed by atoms with Crippen LogP contribution in [0.3, 0.4) is 0 Å². The highest BCUT2D eigenvalue weighted by molar-refractivity contribution is 7.10. The number of aryl methyl sites for hydroxylation is 1. The van der Waals surface area contributed by atoms with Gasteiger partial charge in [-0.05, 0) is 54.3 Å². The molecular weight excluding hydrogens is 420 g/mol. The first-order valence-electron chi connectivity index (χ1n) is 11.8. The predicted octanol–water partition coefficient (Wildman–Crippen LogP) is 4.59. The molecule has 0 spiro atoms. The van der Waals surface area contributed by atoms with Gasteiger partial charge >= 0.3 is 0 Å². The molecule has 1 atom stereocenters. The molecule has 0 bridgehead atoms. The van der Waals surface area contributed by atoms with Crippen molar-refractivity contribution in [1.82, 2.24) is 9.80 Å². The average Bonchev–Trinajstić information content (AvgIpc) is 3.30. The van der Waals surface area contributed by atoms with E-state index in [0.717, 1.165) is 32.1 Å². The highest BCUT2D eigenvalue weighted by atomic mass is 32.1. The van der Waals surface area contributed by atoms with Gasteiger partial charge in [-0.25, -0.2) is 0 Å². The maximum atomic E-state index is 13.7. The van der Waals surface area contributed by atoms with E-state index in [1.54, 1.807) is 23.3 Å². The predicted molar refractivity (Wildman–Crippen MR) is 128 cm³/mol. The lowest BCUT2D eigenvalue weighted by atomic mass is 9.88. The van der Waals surface area contributed by atoms with E-state index >= 15 is 0 Å². The van der Waals surface area contributed by atoms with Gasteiger partial charge in [-0.15, -0.1) is 11.3 Å². The van der Waals surface area contributed by atoms with E-state index in [-0.39, 0.29) is 30.3 Å². The Kier molecular flexibility index (Phi) is 7.63. The lowest BCUT2D eigenvalue weighted by Crippen LogP contribution is -2.49. The summed E-state index contributed by atoms with van der Waals surface area (Å²) in [6.45, 7) is 3.82. The first-order chi connectivity index (χ1) is 15.6. The van der Waals surface area contributed by atoms with Crippen molar-refractivity contribution in [2.75, 3.05) is 33.4 Å². The van der Waals surface area contributed by atoms with Gasteiger partial charge in [0.15, 0.2) is 0 Å². The molecule has 172 valence electrons. The Morgan fingerprint density at radius 2 is 1.91 bits per heavy atom. The summed E-state index contributed by atoms with van der Waals surface area (Å²) >= 11 is 1.77. The Hall–Kier alpha value is -2.18. The molecule has 5 nitrogen and oxygen atoms in total. The van der Waals surface area contributed by atoms with Crippen LogP contribution in [-0.2, 0) is 20.7 Å². The van der Waals surface area contributed by atoms with Gasteiger partial charge in [0, 0.05) is 31.0 Å². The number of carbonyl (C=O) groups excluding carboxylic acids is 2. The van der Waals surface area contributed by atoms with Crippen LogP contribution in [0.25, 0.3) is 0 Å². The zero-order chi connectivity index (χ0) is 22.5. The second-order valence-corrected chi connectivity index (χ2v) is 9.98. The van der Waals surface area contributed by atoms with Crippen LogP contribution < -0.4 is 0 Å². The zero-order valence-corrected chi connectivity index (χ0v) is 20.0. The topological polar surface area (TPSA) is 49.9 Å². The number of carbonyl (C=O) groups is 2. The summed E-state index contributed by atoms with van der Waals surface area (Å²) < 4.78 is 5.26. The van der Waals surface area contributed by atoms with Crippen LogP contribution in [-0.4, -0.2) is 55.0 Å². The number of amides is 2. The van der Waals surface area contributed by atoms with E-state index in [4.69, 9.17) is 4.74 Å². The third-order valence-corrected chi connectivity index (χ3v) is 7.92. The molecule has 0 saturated heterocycles. The molecule has 2 aromatic rings. The van der Waals surface area contributed by atoms with Gasteiger partial charge in [-0.2, -0.15) is 0 Å². The number of hydrogen-bond donors (Lipinski definition) is 0. The number of rotatable bonds is 7. The lowest BCUT2D eigenvalue weighted by molar-refractivity contribution is -0.145. The summed E-state index contributed by atoms with van der Waals surface area (Å²) in [5.41, 5.74) is 3.58. The third-order valence-electron chi connectivity index (χ3n) is 6.93. The Bertz CT molecular complexity index is 935. The van der Waals surface area contributed by atoms with Crippen molar-refractivity contribution in [3.63, 3.8) is 0 Å². The van der Waals surface area contributed by atoms with Crippen LogP contribution in [0.4, 0.5) is 0 Å². The van der Waals surface area contributed by atoms with E-state index < -0.39 is 0 Å². The van der Waals surface area contributed by atoms with Crippen LogP contribution in [0, 0.1) is 12.8 Å². The van der Waals surface area contributed by atoms with E-state index in [0.29, 0.717) is 19.7 Å². The quantitative estimate of drug-likeness (QED) is 0.615. The highest BCUT2D eigenvalue weighted by Crippen LogP contribution is 2.39. The van der Waals surface area contributed by atoms with Crippen LogP contribution in [0.2, 0.25) is 0 Å². The molecule has 6 heteroatoms. The molecule has 2 heterocycles. The number of hydrogen-bond acceptors (Lipinski definition) is 4. The highest BCUT2D eigenvalue weighted by Gasteiger charge is 2.35. The minimum Gasteiger partial charge on any atom is -0.383 e. The number of benzene rings is 1. The summed E-state index contributed by atoms with van der Waals surface area (Å²) in [4.78, 5) is 32.1. The number of fused-ring (bicyclic) bond motifs is 1. The van der Waals surface area contributed by atoms with Crippen LogP contribution in [0.1, 0.15) is 59.7 Å². The third kappa shape index (κ3) is 4.91. The number of thiophene rings is 1. The number of methoxy groups -OCH3 is 1. The van der Waals surface area contributed by atoms with Crippen LogP contribution in [0.15, 0.2) is 35.7 Å². The molecule has 1 aliphatic carbocycles. The van der Waals surface area contributed by atoms with Crippen molar-refractivity contribution in [2.24, 2.45) is 5.92 Å². The summed E-state index contributed by atoms with van der Waals surface area (Å²) in [7, 11) is 1.64. The van der Waals surface area contributed by atoms with Crippen molar-refractivity contribution >= 4 is 23.2 Å². The van der Waals surface area contributed by atoms with E-state index in [1.165, 1.54) is 28.0 Å². The van der Waals surface area contributed by atoms with Crippen molar-refractivity contribution in [1.29, 1.82) is 0 Å². The van der Waals surface area contributed by atoms with E-state index in [2.05, 4.69) is 30.5 Å². The average molecular weight is 455 g/mol. The molecule has 1 fully saturated rings. The van der Waals surface area contributed by atoms with E-state index in [9.17, 15) is 9.59 Å². The molecule has 4 rings (SSSR count). The standard InChI is InChI=1S/C26H34N2O3S/c1-19-8-6-7-11-21(19)25-22-13-17-32-23(22)12-14-28(25)24(29)18-27(15-16-31-2)26(30)20-9-4-3-5-10-20/h6-8,11,13,17,20,25H,3-5,9-10,12,14-16,18H2,1-2H3. The fourth-order valence-electron chi connectivity index (χ4n) is 5.14. The number of ether oxygens (including phenoxy) is 1. The van der Waals surface area contributed by atoms with Crippen molar-refractivity contribution < 1.29 is 14.3 Å². The van der Waals surface area contributed by atoms with Crippen molar-refractivity contribution in [3.8, 4) is 0 Å². The Balaban J connectivity index is 1.58. The molecule has 32 heavy (non-hydrogen) atoms. The van der Waals surface area contributed by atoms with Gasteiger partial charge < -0.3 is 14.5 Å². The van der Waals surface area contributed by atoms with Gasteiger partial charge in [-0.3, -0.25) is 9.59 Å². The second-order valence-electron chi connectivity index (χ2n) is 8.98. The van der Waals surface area contributed by atoms with Crippen LogP contribution >= 0.6 is 11.3 Å². The van der Waals surface area contributed by atoms with E-state index in [1.807, 2.05) is 17.0 Å². The Morgan fingerprint density at radius 1 is 1.12 bits per heavy atom. The first-order valence-corrected chi connectivity index (χ1v) is 12.7. The monoisotopic (exact) mass is 454 g/mol. The molecule has 0 radical (unpaired) electrons. The maximum Gasteiger partial charge on any atom is 0.242 e. The van der Waals surface area contributed by atoms with Gasteiger partial charge in [0.1, 0.15) is 0 Å². The molecule has 1 saturated carbocycles. The molecule has 1 unspecified atom stereocenters. The Labute approximate surface area is 195 Å². The summed E-state index contributed by atoms with van der Waals surface area (Å²) in [6, 6.07) is 10.4. The smallest absolute Gasteiger partial charge is 0.242 e. The molecule has 1 aliphatic heterocycles. The molecule has 1 aromatic carbocycles. The van der Waals surface area contributed by atoms with Crippen molar-refractivity contribution in [2.45, 2.75) is 51.5 Å². The molecule has 2 aliphatic rings. The second kappa shape index (κ2) is 10.6. The van der Waals surface area contributed by atoms with Gasteiger partial charge in [-0.1, -0.05) is 43.5 Å².